The number of ether oxygens (including phenoxy) is 3. The molecule has 0 radical (unpaired) electrons. The van der Waals surface area contributed by atoms with Crippen LogP contribution in [-0.2, 0) is 0 Å². The van der Waals surface area contributed by atoms with E-state index in [1.807, 2.05) is 36.9 Å². The van der Waals surface area contributed by atoms with Crippen LogP contribution in [0.15, 0.2) is 48.0 Å². The van der Waals surface area contributed by atoms with E-state index in [0.29, 0.717) is 53.9 Å². The van der Waals surface area contributed by atoms with Crippen LogP contribution in [-0.4, -0.2) is 66.9 Å². The lowest BCUT2D eigenvalue weighted by Gasteiger charge is -2.35. The Labute approximate surface area is 239 Å². The SMILES string of the molecule is COc1cc(C(=O)N(CC(C)=Cc2ccccc2)C[C@@H]2CCCN2CC2CCC(N)CC2)cc2c1OC(C)(C)O2. The molecule has 1 amide bonds. The van der Waals surface area contributed by atoms with Gasteiger partial charge in [0.25, 0.3) is 5.91 Å². The van der Waals surface area contributed by atoms with Gasteiger partial charge in [0.05, 0.1) is 7.11 Å². The number of likely N-dealkylation sites (tertiary alicyclic amines) is 1. The molecule has 2 aromatic carbocycles. The molecule has 3 aliphatic rings. The Morgan fingerprint density at radius 1 is 1.12 bits per heavy atom. The van der Waals surface area contributed by atoms with E-state index in [1.165, 1.54) is 19.3 Å². The summed E-state index contributed by atoms with van der Waals surface area (Å²) in [5.41, 5.74) is 8.99. The van der Waals surface area contributed by atoms with Gasteiger partial charge in [-0.3, -0.25) is 9.69 Å². The predicted octanol–water partition coefficient (Wildman–Crippen LogP) is 5.73. The third-order valence-electron chi connectivity index (χ3n) is 8.45. The van der Waals surface area contributed by atoms with E-state index in [9.17, 15) is 4.79 Å². The van der Waals surface area contributed by atoms with Gasteiger partial charge in [0.1, 0.15) is 0 Å². The van der Waals surface area contributed by atoms with E-state index >= 15 is 0 Å². The first-order valence-electron chi connectivity index (χ1n) is 14.8. The summed E-state index contributed by atoms with van der Waals surface area (Å²) in [6.07, 6.45) is 9.11. The van der Waals surface area contributed by atoms with Gasteiger partial charge in [-0.25, -0.2) is 0 Å². The number of amides is 1. The zero-order chi connectivity index (χ0) is 28.3. The van der Waals surface area contributed by atoms with Crippen LogP contribution in [0.25, 0.3) is 6.08 Å². The van der Waals surface area contributed by atoms with Gasteiger partial charge in [0.2, 0.25) is 11.5 Å². The molecule has 40 heavy (non-hydrogen) atoms. The van der Waals surface area contributed by atoms with Crippen molar-refractivity contribution in [2.45, 2.75) is 77.2 Å². The first-order valence-corrected chi connectivity index (χ1v) is 14.8. The molecule has 216 valence electrons. The number of fused-ring (bicyclic) bond motifs is 1. The summed E-state index contributed by atoms with van der Waals surface area (Å²) < 4.78 is 17.6. The van der Waals surface area contributed by atoms with Crippen molar-refractivity contribution in [3.63, 3.8) is 0 Å². The molecule has 2 N–H and O–H groups in total. The van der Waals surface area contributed by atoms with Crippen LogP contribution in [0, 0.1) is 5.92 Å². The molecule has 7 nitrogen and oxygen atoms in total. The molecule has 1 saturated carbocycles. The molecule has 0 aromatic heterocycles. The minimum atomic E-state index is -0.806. The van der Waals surface area contributed by atoms with Gasteiger partial charge in [-0.1, -0.05) is 42.0 Å². The molecule has 1 aliphatic carbocycles. The maximum absolute atomic E-state index is 14.2. The molecular formula is C33H45N3O4. The molecule has 5 rings (SSSR count). The number of rotatable bonds is 9. The van der Waals surface area contributed by atoms with Crippen LogP contribution in [0.2, 0.25) is 0 Å². The van der Waals surface area contributed by atoms with Crippen LogP contribution in [0.1, 0.15) is 75.2 Å². The fourth-order valence-electron chi connectivity index (χ4n) is 6.44. The van der Waals surface area contributed by atoms with Crippen molar-refractivity contribution in [3.8, 4) is 17.2 Å². The molecule has 7 heteroatoms. The van der Waals surface area contributed by atoms with Crippen molar-refractivity contribution >= 4 is 12.0 Å². The molecular weight excluding hydrogens is 502 g/mol. The van der Waals surface area contributed by atoms with Gasteiger partial charge in [0.15, 0.2) is 11.5 Å². The highest BCUT2D eigenvalue weighted by Crippen LogP contribution is 2.47. The number of hydrogen-bond donors (Lipinski definition) is 1. The van der Waals surface area contributed by atoms with E-state index in [2.05, 4.69) is 30.0 Å². The second kappa shape index (κ2) is 12.2. The maximum atomic E-state index is 14.2. The molecule has 2 aliphatic heterocycles. The molecule has 2 heterocycles. The molecule has 0 spiro atoms. The Bertz CT molecular complexity index is 1200. The van der Waals surface area contributed by atoms with Gasteiger partial charge in [-0.05, 0) is 75.6 Å². The average Bonchev–Trinajstić information content (AvgIpc) is 3.50. The van der Waals surface area contributed by atoms with E-state index in [1.54, 1.807) is 19.2 Å². The number of nitrogens with two attached hydrogens (primary N) is 1. The number of carbonyl (C=O) groups excluding carboxylic acids is 1. The fourth-order valence-corrected chi connectivity index (χ4v) is 6.44. The summed E-state index contributed by atoms with van der Waals surface area (Å²) >= 11 is 0. The van der Waals surface area contributed by atoms with E-state index in [-0.39, 0.29) is 5.91 Å². The predicted molar refractivity (Wildman–Crippen MR) is 159 cm³/mol. The van der Waals surface area contributed by atoms with Gasteiger partial charge >= 0.3 is 0 Å². The highest BCUT2D eigenvalue weighted by Gasteiger charge is 2.36. The monoisotopic (exact) mass is 547 g/mol. The van der Waals surface area contributed by atoms with Crippen LogP contribution >= 0.6 is 0 Å². The number of carbonyl (C=O) groups is 1. The molecule has 1 saturated heterocycles. The maximum Gasteiger partial charge on any atom is 0.254 e. The summed E-state index contributed by atoms with van der Waals surface area (Å²) in [6.45, 7) is 9.26. The highest BCUT2D eigenvalue weighted by molar-refractivity contribution is 5.96. The lowest BCUT2D eigenvalue weighted by atomic mass is 9.86. The zero-order valence-corrected chi connectivity index (χ0v) is 24.5. The highest BCUT2D eigenvalue weighted by atomic mass is 16.7. The molecule has 0 bridgehead atoms. The summed E-state index contributed by atoms with van der Waals surface area (Å²) in [4.78, 5) is 18.8. The van der Waals surface area contributed by atoms with Crippen LogP contribution in [0.4, 0.5) is 0 Å². The number of hydrogen-bond acceptors (Lipinski definition) is 6. The van der Waals surface area contributed by atoms with Crippen molar-refractivity contribution in [1.29, 1.82) is 0 Å². The summed E-state index contributed by atoms with van der Waals surface area (Å²) in [5.74, 6) is 1.48. The Balaban J connectivity index is 1.38. The summed E-state index contributed by atoms with van der Waals surface area (Å²) in [7, 11) is 1.59. The summed E-state index contributed by atoms with van der Waals surface area (Å²) in [5, 5.41) is 0. The third-order valence-corrected chi connectivity index (χ3v) is 8.45. The second-order valence-corrected chi connectivity index (χ2v) is 12.3. The van der Waals surface area contributed by atoms with Crippen LogP contribution < -0.4 is 19.9 Å². The Kier molecular flexibility index (Phi) is 8.71. The fraction of sp³-hybridized carbons (Fsp3) is 0.545. The van der Waals surface area contributed by atoms with E-state index in [4.69, 9.17) is 19.9 Å². The van der Waals surface area contributed by atoms with Crippen molar-refractivity contribution in [3.05, 3.63) is 59.2 Å². The van der Waals surface area contributed by atoms with Gasteiger partial charge in [-0.15, -0.1) is 0 Å². The quantitative estimate of drug-likeness (QED) is 0.432. The van der Waals surface area contributed by atoms with Crippen molar-refractivity contribution in [2.24, 2.45) is 11.7 Å². The molecule has 0 unspecified atom stereocenters. The average molecular weight is 548 g/mol. The number of methoxy groups -OCH3 is 1. The van der Waals surface area contributed by atoms with Crippen molar-refractivity contribution < 1.29 is 19.0 Å². The normalized spacial score (nSPS) is 24.2. The topological polar surface area (TPSA) is 77.3 Å². The van der Waals surface area contributed by atoms with Gasteiger partial charge in [-0.2, -0.15) is 0 Å². The lowest BCUT2D eigenvalue weighted by molar-refractivity contribution is -0.0439. The first-order chi connectivity index (χ1) is 19.2. The largest absolute Gasteiger partial charge is 0.493 e. The van der Waals surface area contributed by atoms with Crippen molar-refractivity contribution in [2.75, 3.05) is 33.3 Å². The minimum absolute atomic E-state index is 0.0225. The minimum Gasteiger partial charge on any atom is -0.493 e. The Hall–Kier alpha value is -3.03. The smallest absolute Gasteiger partial charge is 0.254 e. The lowest BCUT2D eigenvalue weighted by Crippen LogP contribution is -2.45. The molecule has 2 aromatic rings. The zero-order valence-electron chi connectivity index (χ0n) is 24.5. The van der Waals surface area contributed by atoms with E-state index < -0.39 is 5.79 Å². The standard InChI is InChI=1S/C33H45N3O4/c1-23(17-24-9-6-5-7-10-24)20-36(22-28-11-8-16-35(28)21-25-12-14-27(34)15-13-25)32(37)26-18-29(38-4)31-30(19-26)39-33(2,3)40-31/h5-7,9-10,17-19,25,27-28H,8,11-16,20-22,34H2,1-4H3/t25?,27?,28-/m0/s1. The Morgan fingerprint density at radius 3 is 2.60 bits per heavy atom. The number of benzene rings is 2. The van der Waals surface area contributed by atoms with E-state index in [0.717, 1.165) is 43.5 Å². The van der Waals surface area contributed by atoms with Crippen LogP contribution in [0.3, 0.4) is 0 Å². The first kappa shape index (κ1) is 28.5. The molecule has 2 fully saturated rings. The Morgan fingerprint density at radius 2 is 1.88 bits per heavy atom. The van der Waals surface area contributed by atoms with Gasteiger partial charge < -0.3 is 24.8 Å². The van der Waals surface area contributed by atoms with Crippen molar-refractivity contribution in [1.82, 2.24) is 9.80 Å². The number of nitrogens with zero attached hydrogens (tertiary/aromatic N) is 2. The van der Waals surface area contributed by atoms with Crippen LogP contribution in [0.5, 0.6) is 17.2 Å². The molecule has 1 atom stereocenters. The second-order valence-electron chi connectivity index (χ2n) is 12.3. The van der Waals surface area contributed by atoms with Gasteiger partial charge in [0, 0.05) is 51.1 Å². The summed E-state index contributed by atoms with van der Waals surface area (Å²) in [6, 6.07) is 14.6. The third kappa shape index (κ3) is 6.81.